The largest absolute Gasteiger partial charge is 0.389 e. The maximum Gasteiger partial charge on any atom is 0.293 e. The SMILES string of the molecule is CC1CCN(c2ccc(C(=O)N3CC(O)C3)cc2[N+](=O)[O-])CC1. The Morgan fingerprint density at radius 3 is 2.52 bits per heavy atom. The Bertz CT molecular complexity index is 620. The zero-order valence-electron chi connectivity index (χ0n) is 13.1. The Morgan fingerprint density at radius 2 is 1.96 bits per heavy atom. The predicted molar refractivity (Wildman–Crippen MR) is 85.6 cm³/mol. The van der Waals surface area contributed by atoms with Crippen molar-refractivity contribution in [3.8, 4) is 0 Å². The lowest BCUT2D eigenvalue weighted by molar-refractivity contribution is -0.384. The second-order valence-electron chi connectivity index (χ2n) is 6.49. The summed E-state index contributed by atoms with van der Waals surface area (Å²) >= 11 is 0. The van der Waals surface area contributed by atoms with Gasteiger partial charge in [-0.3, -0.25) is 14.9 Å². The van der Waals surface area contributed by atoms with E-state index in [2.05, 4.69) is 6.92 Å². The lowest BCUT2D eigenvalue weighted by Crippen LogP contribution is -2.53. The molecule has 0 aliphatic carbocycles. The minimum atomic E-state index is -0.483. The van der Waals surface area contributed by atoms with Gasteiger partial charge in [-0.15, -0.1) is 0 Å². The summed E-state index contributed by atoms with van der Waals surface area (Å²) in [6.45, 7) is 4.37. The number of β-amino-alcohol motifs (C(OH)–C–C–N with tert-alkyl or cyclic N) is 1. The van der Waals surface area contributed by atoms with E-state index in [0.29, 0.717) is 30.3 Å². The van der Waals surface area contributed by atoms with Crippen LogP contribution in [0.3, 0.4) is 0 Å². The van der Waals surface area contributed by atoms with Crippen LogP contribution >= 0.6 is 0 Å². The van der Waals surface area contributed by atoms with E-state index in [-0.39, 0.29) is 11.6 Å². The minimum Gasteiger partial charge on any atom is -0.389 e. The van der Waals surface area contributed by atoms with Gasteiger partial charge in [-0.1, -0.05) is 6.92 Å². The van der Waals surface area contributed by atoms with Crippen LogP contribution in [-0.2, 0) is 0 Å². The summed E-state index contributed by atoms with van der Waals surface area (Å²) in [5.41, 5.74) is 0.867. The number of nitro groups is 1. The molecule has 7 heteroatoms. The average Bonchev–Trinajstić information content (AvgIpc) is 2.51. The smallest absolute Gasteiger partial charge is 0.293 e. The van der Waals surface area contributed by atoms with Crippen molar-refractivity contribution in [3.63, 3.8) is 0 Å². The van der Waals surface area contributed by atoms with Crippen molar-refractivity contribution >= 4 is 17.3 Å². The fraction of sp³-hybridized carbons (Fsp3) is 0.562. The second-order valence-corrected chi connectivity index (χ2v) is 6.49. The van der Waals surface area contributed by atoms with Crippen LogP contribution in [0, 0.1) is 16.0 Å². The lowest BCUT2D eigenvalue weighted by Gasteiger charge is -2.36. The number of hydrogen-bond donors (Lipinski definition) is 1. The molecule has 0 radical (unpaired) electrons. The Balaban J connectivity index is 1.84. The van der Waals surface area contributed by atoms with Crippen LogP contribution in [0.2, 0.25) is 0 Å². The number of carbonyl (C=O) groups is 1. The molecule has 2 heterocycles. The summed E-state index contributed by atoms with van der Waals surface area (Å²) in [4.78, 5) is 26.8. The maximum atomic E-state index is 12.3. The molecule has 2 aliphatic heterocycles. The van der Waals surface area contributed by atoms with Crippen molar-refractivity contribution < 1.29 is 14.8 Å². The van der Waals surface area contributed by atoms with Crippen molar-refractivity contribution in [3.05, 3.63) is 33.9 Å². The highest BCUT2D eigenvalue weighted by molar-refractivity contribution is 5.96. The number of carbonyl (C=O) groups excluding carboxylic acids is 1. The topological polar surface area (TPSA) is 86.9 Å². The Labute approximate surface area is 134 Å². The molecular formula is C16H21N3O4. The normalized spacial score (nSPS) is 19.6. The minimum absolute atomic E-state index is 0.0218. The van der Waals surface area contributed by atoms with Crippen molar-refractivity contribution in [2.45, 2.75) is 25.9 Å². The fourth-order valence-corrected chi connectivity index (χ4v) is 3.12. The van der Waals surface area contributed by atoms with Crippen molar-refractivity contribution in [2.75, 3.05) is 31.1 Å². The van der Waals surface area contributed by atoms with Crippen molar-refractivity contribution in [1.82, 2.24) is 4.90 Å². The molecule has 7 nitrogen and oxygen atoms in total. The summed E-state index contributed by atoms with van der Waals surface area (Å²) in [5, 5.41) is 20.7. The summed E-state index contributed by atoms with van der Waals surface area (Å²) in [6.07, 6.45) is 1.55. The highest BCUT2D eigenvalue weighted by Crippen LogP contribution is 2.32. The van der Waals surface area contributed by atoms with Crippen LogP contribution in [-0.4, -0.2) is 53.1 Å². The van der Waals surface area contributed by atoms with E-state index in [1.807, 2.05) is 4.90 Å². The van der Waals surface area contributed by atoms with Gasteiger partial charge in [0.25, 0.3) is 11.6 Å². The summed E-state index contributed by atoms with van der Waals surface area (Å²) in [5.74, 6) is 0.376. The van der Waals surface area contributed by atoms with Crippen LogP contribution in [0.25, 0.3) is 0 Å². The third-order valence-electron chi connectivity index (χ3n) is 4.69. The summed E-state index contributed by atoms with van der Waals surface area (Å²) in [6, 6.07) is 4.69. The van der Waals surface area contributed by atoms with E-state index in [1.54, 1.807) is 12.1 Å². The molecule has 2 fully saturated rings. The molecule has 124 valence electrons. The molecule has 0 spiro atoms. The molecule has 0 saturated carbocycles. The molecule has 3 rings (SSSR count). The first kappa shape index (κ1) is 15.7. The monoisotopic (exact) mass is 319 g/mol. The van der Waals surface area contributed by atoms with Gasteiger partial charge in [-0.2, -0.15) is 0 Å². The van der Waals surface area contributed by atoms with Crippen molar-refractivity contribution in [2.24, 2.45) is 5.92 Å². The van der Waals surface area contributed by atoms with E-state index in [9.17, 15) is 20.0 Å². The highest BCUT2D eigenvalue weighted by Gasteiger charge is 2.31. The Morgan fingerprint density at radius 1 is 1.30 bits per heavy atom. The van der Waals surface area contributed by atoms with Crippen molar-refractivity contribution in [1.29, 1.82) is 0 Å². The first-order chi connectivity index (χ1) is 11.0. The fourth-order valence-electron chi connectivity index (χ4n) is 3.12. The lowest BCUT2D eigenvalue weighted by atomic mass is 9.98. The Kier molecular flexibility index (Phi) is 4.21. The summed E-state index contributed by atoms with van der Waals surface area (Å²) < 4.78 is 0. The molecule has 1 aromatic carbocycles. The number of aliphatic hydroxyl groups is 1. The van der Waals surface area contributed by atoms with Gasteiger partial charge in [0.2, 0.25) is 0 Å². The van der Waals surface area contributed by atoms with E-state index < -0.39 is 11.0 Å². The van der Waals surface area contributed by atoms with Gasteiger partial charge in [0, 0.05) is 37.8 Å². The first-order valence-electron chi connectivity index (χ1n) is 7.96. The van der Waals surface area contributed by atoms with Crippen LogP contribution in [0.15, 0.2) is 18.2 Å². The maximum absolute atomic E-state index is 12.3. The zero-order valence-corrected chi connectivity index (χ0v) is 13.1. The number of likely N-dealkylation sites (tertiary alicyclic amines) is 1. The van der Waals surface area contributed by atoms with Gasteiger partial charge in [0.15, 0.2) is 0 Å². The molecule has 0 bridgehead atoms. The van der Waals surface area contributed by atoms with E-state index in [0.717, 1.165) is 25.9 Å². The molecule has 2 aliphatic rings. The Hall–Kier alpha value is -2.15. The number of nitrogens with zero attached hydrogens (tertiary/aromatic N) is 3. The van der Waals surface area contributed by atoms with E-state index >= 15 is 0 Å². The van der Waals surface area contributed by atoms with Gasteiger partial charge in [0.05, 0.1) is 11.0 Å². The molecule has 1 aromatic rings. The van der Waals surface area contributed by atoms with Crippen LogP contribution in [0.1, 0.15) is 30.1 Å². The van der Waals surface area contributed by atoms with Crippen LogP contribution in [0.4, 0.5) is 11.4 Å². The van der Waals surface area contributed by atoms with Gasteiger partial charge >= 0.3 is 0 Å². The molecule has 0 aromatic heterocycles. The molecule has 1 N–H and O–H groups in total. The third kappa shape index (κ3) is 3.14. The van der Waals surface area contributed by atoms with Gasteiger partial charge in [0.1, 0.15) is 5.69 Å². The van der Waals surface area contributed by atoms with Gasteiger partial charge in [-0.05, 0) is 30.9 Å². The molecule has 0 unspecified atom stereocenters. The molecule has 23 heavy (non-hydrogen) atoms. The quantitative estimate of drug-likeness (QED) is 0.676. The number of amides is 1. The van der Waals surface area contributed by atoms with E-state index in [4.69, 9.17) is 0 Å². The molecule has 2 saturated heterocycles. The first-order valence-corrected chi connectivity index (χ1v) is 7.96. The summed E-state index contributed by atoms with van der Waals surface area (Å²) in [7, 11) is 0. The molecule has 0 atom stereocenters. The number of rotatable bonds is 3. The number of aliphatic hydroxyl groups excluding tert-OH is 1. The number of nitro benzene ring substituents is 1. The van der Waals surface area contributed by atoms with E-state index in [1.165, 1.54) is 11.0 Å². The number of benzene rings is 1. The predicted octanol–water partition coefficient (Wildman–Crippen LogP) is 1.65. The third-order valence-corrected chi connectivity index (χ3v) is 4.69. The highest BCUT2D eigenvalue weighted by atomic mass is 16.6. The molecule has 1 amide bonds. The zero-order chi connectivity index (χ0) is 16.6. The molecular weight excluding hydrogens is 298 g/mol. The van der Waals surface area contributed by atoms with Crippen LogP contribution in [0.5, 0.6) is 0 Å². The average molecular weight is 319 g/mol. The number of hydrogen-bond acceptors (Lipinski definition) is 5. The van der Waals surface area contributed by atoms with Gasteiger partial charge in [-0.25, -0.2) is 0 Å². The standard InChI is InChI=1S/C16H21N3O4/c1-11-4-6-17(7-5-11)14-3-2-12(8-15(14)19(22)23)16(21)18-9-13(20)10-18/h2-3,8,11,13,20H,4-7,9-10H2,1H3. The number of piperidine rings is 1. The van der Waals surface area contributed by atoms with Crippen LogP contribution < -0.4 is 4.90 Å². The van der Waals surface area contributed by atoms with Gasteiger partial charge < -0.3 is 14.9 Å². The number of anilines is 1. The second kappa shape index (κ2) is 6.16.